The van der Waals surface area contributed by atoms with Gasteiger partial charge < -0.3 is 9.47 Å². The molecule has 4 heteroatoms. The number of piperidine rings is 1. The average molecular weight is 231 g/mol. The zero-order chi connectivity index (χ0) is 11.4. The number of ether oxygens (including phenoxy) is 2. The van der Waals surface area contributed by atoms with E-state index in [4.69, 9.17) is 9.47 Å². The van der Waals surface area contributed by atoms with E-state index in [-0.39, 0.29) is 6.61 Å². The van der Waals surface area contributed by atoms with E-state index in [1.807, 2.05) is 6.92 Å². The van der Waals surface area contributed by atoms with Gasteiger partial charge in [0.15, 0.2) is 0 Å². The Labute approximate surface area is 96.9 Å². The lowest BCUT2D eigenvalue weighted by molar-refractivity contribution is -0.0299. The molecule has 94 valence electrons. The summed E-state index contributed by atoms with van der Waals surface area (Å²) in [6, 6.07) is 0.525. The predicted octanol–water partition coefficient (Wildman–Crippen LogP) is 1.62. The Balaban J connectivity index is 1.76. The molecule has 0 N–H and O–H groups in total. The molecule has 16 heavy (non-hydrogen) atoms. The van der Waals surface area contributed by atoms with Crippen molar-refractivity contribution in [2.75, 3.05) is 39.5 Å². The second-order valence-electron chi connectivity index (χ2n) is 4.84. The molecule has 0 aliphatic carbocycles. The fraction of sp³-hybridized carbons (Fsp3) is 1.00. The highest BCUT2D eigenvalue weighted by Gasteiger charge is 2.37. The Kier molecular flexibility index (Phi) is 4.16. The van der Waals surface area contributed by atoms with Gasteiger partial charge in [-0.1, -0.05) is 0 Å². The highest BCUT2D eigenvalue weighted by atomic mass is 19.1. The van der Waals surface area contributed by atoms with Gasteiger partial charge in [-0.25, -0.2) is 4.39 Å². The zero-order valence-corrected chi connectivity index (χ0v) is 10.1. The van der Waals surface area contributed by atoms with Crippen LogP contribution in [0.2, 0.25) is 0 Å². The molecule has 0 radical (unpaired) electrons. The number of rotatable bonds is 4. The van der Waals surface area contributed by atoms with Crippen LogP contribution in [-0.2, 0) is 9.47 Å². The summed E-state index contributed by atoms with van der Waals surface area (Å²) in [5, 5.41) is 0. The molecule has 2 heterocycles. The molecule has 1 atom stereocenters. The van der Waals surface area contributed by atoms with Crippen molar-refractivity contribution in [2.45, 2.75) is 37.9 Å². The van der Waals surface area contributed by atoms with E-state index in [0.29, 0.717) is 25.5 Å². The molecule has 0 aromatic heterocycles. The summed E-state index contributed by atoms with van der Waals surface area (Å²) < 4.78 is 24.8. The second-order valence-corrected chi connectivity index (χ2v) is 4.84. The van der Waals surface area contributed by atoms with E-state index in [2.05, 4.69) is 4.90 Å². The average Bonchev–Trinajstić information content (AvgIpc) is 2.81. The Morgan fingerprint density at radius 2 is 2.19 bits per heavy atom. The van der Waals surface area contributed by atoms with Crippen molar-refractivity contribution in [3.05, 3.63) is 0 Å². The molecule has 2 rings (SSSR count). The van der Waals surface area contributed by atoms with Crippen LogP contribution in [0.4, 0.5) is 4.39 Å². The first-order valence-electron chi connectivity index (χ1n) is 6.32. The molecule has 2 fully saturated rings. The molecule has 2 saturated heterocycles. The minimum atomic E-state index is -1.09. The van der Waals surface area contributed by atoms with Crippen LogP contribution in [0, 0.1) is 0 Å². The molecule has 1 unspecified atom stereocenters. The number of nitrogens with zero attached hydrogens (tertiary/aromatic N) is 1. The topological polar surface area (TPSA) is 21.7 Å². The quantitative estimate of drug-likeness (QED) is 0.734. The summed E-state index contributed by atoms with van der Waals surface area (Å²) in [6.07, 6.45) is 2.30. The summed E-state index contributed by atoms with van der Waals surface area (Å²) in [5.41, 5.74) is -1.09. The summed E-state index contributed by atoms with van der Waals surface area (Å²) >= 11 is 0. The van der Waals surface area contributed by atoms with E-state index >= 15 is 0 Å². The van der Waals surface area contributed by atoms with E-state index in [1.165, 1.54) is 0 Å². The fourth-order valence-corrected chi connectivity index (χ4v) is 2.53. The van der Waals surface area contributed by atoms with Crippen LogP contribution in [0.3, 0.4) is 0 Å². The second kappa shape index (κ2) is 5.43. The maximum atomic E-state index is 14.2. The van der Waals surface area contributed by atoms with E-state index in [9.17, 15) is 4.39 Å². The molecule has 0 aromatic carbocycles. The predicted molar refractivity (Wildman–Crippen MR) is 60.4 cm³/mol. The highest BCUT2D eigenvalue weighted by molar-refractivity contribution is 4.89. The van der Waals surface area contributed by atoms with Crippen LogP contribution in [0.25, 0.3) is 0 Å². The van der Waals surface area contributed by atoms with Gasteiger partial charge in [-0.15, -0.1) is 0 Å². The zero-order valence-electron chi connectivity index (χ0n) is 10.1. The molecule has 3 nitrogen and oxygen atoms in total. The third kappa shape index (κ3) is 2.93. The van der Waals surface area contributed by atoms with Crippen LogP contribution in [0.5, 0.6) is 0 Å². The lowest BCUT2D eigenvalue weighted by Gasteiger charge is -2.38. The normalized spacial score (nSPS) is 30.8. The van der Waals surface area contributed by atoms with Crippen molar-refractivity contribution in [3.8, 4) is 0 Å². The maximum Gasteiger partial charge on any atom is 0.136 e. The SMILES string of the molecule is CCOCC1(F)CCN(C2CCOC2)CC1. The van der Waals surface area contributed by atoms with Crippen molar-refractivity contribution in [1.82, 2.24) is 4.90 Å². The van der Waals surface area contributed by atoms with E-state index in [0.717, 1.165) is 32.7 Å². The van der Waals surface area contributed by atoms with Crippen LogP contribution in [-0.4, -0.2) is 56.1 Å². The maximum absolute atomic E-state index is 14.2. The Morgan fingerprint density at radius 1 is 1.44 bits per heavy atom. The first kappa shape index (κ1) is 12.3. The standard InChI is InChI=1S/C12H22FNO2/c1-2-15-10-12(13)4-6-14(7-5-12)11-3-8-16-9-11/h11H,2-10H2,1H3. The minimum Gasteiger partial charge on any atom is -0.380 e. The third-order valence-corrected chi connectivity index (χ3v) is 3.68. The Bertz CT molecular complexity index is 211. The molecule has 0 spiro atoms. The number of halogens is 1. The van der Waals surface area contributed by atoms with Crippen LogP contribution in [0.15, 0.2) is 0 Å². The molecular weight excluding hydrogens is 209 g/mol. The molecule has 0 saturated carbocycles. The fourth-order valence-electron chi connectivity index (χ4n) is 2.53. The van der Waals surface area contributed by atoms with Gasteiger partial charge in [0.25, 0.3) is 0 Å². The molecular formula is C12H22FNO2. The van der Waals surface area contributed by atoms with Crippen molar-refractivity contribution in [2.24, 2.45) is 0 Å². The Morgan fingerprint density at radius 3 is 2.75 bits per heavy atom. The van der Waals surface area contributed by atoms with Gasteiger partial charge in [0.2, 0.25) is 0 Å². The van der Waals surface area contributed by atoms with Gasteiger partial charge in [0, 0.05) is 32.3 Å². The van der Waals surface area contributed by atoms with Gasteiger partial charge in [-0.2, -0.15) is 0 Å². The van der Waals surface area contributed by atoms with Gasteiger partial charge in [-0.05, 0) is 26.2 Å². The minimum absolute atomic E-state index is 0.262. The number of hydrogen-bond acceptors (Lipinski definition) is 3. The Hall–Kier alpha value is -0.190. The molecule has 2 aliphatic rings. The van der Waals surface area contributed by atoms with Crippen molar-refractivity contribution < 1.29 is 13.9 Å². The molecule has 0 bridgehead atoms. The van der Waals surface area contributed by atoms with Gasteiger partial charge in [0.1, 0.15) is 5.67 Å². The summed E-state index contributed by atoms with van der Waals surface area (Å²) in [7, 11) is 0. The summed E-state index contributed by atoms with van der Waals surface area (Å²) in [4.78, 5) is 2.37. The molecule has 2 aliphatic heterocycles. The molecule has 0 amide bonds. The monoisotopic (exact) mass is 231 g/mol. The highest BCUT2D eigenvalue weighted by Crippen LogP contribution is 2.29. The van der Waals surface area contributed by atoms with Crippen LogP contribution < -0.4 is 0 Å². The largest absolute Gasteiger partial charge is 0.380 e. The van der Waals surface area contributed by atoms with Gasteiger partial charge in [0.05, 0.1) is 13.2 Å². The van der Waals surface area contributed by atoms with Crippen molar-refractivity contribution in [3.63, 3.8) is 0 Å². The third-order valence-electron chi connectivity index (χ3n) is 3.68. The van der Waals surface area contributed by atoms with Gasteiger partial charge >= 0.3 is 0 Å². The molecule has 0 aromatic rings. The summed E-state index contributed by atoms with van der Waals surface area (Å²) in [5.74, 6) is 0. The van der Waals surface area contributed by atoms with Gasteiger partial charge in [-0.3, -0.25) is 4.90 Å². The number of likely N-dealkylation sites (tertiary alicyclic amines) is 1. The van der Waals surface area contributed by atoms with E-state index in [1.54, 1.807) is 0 Å². The number of alkyl halides is 1. The first-order valence-corrected chi connectivity index (χ1v) is 6.32. The van der Waals surface area contributed by atoms with E-state index < -0.39 is 5.67 Å². The van der Waals surface area contributed by atoms with Crippen molar-refractivity contribution in [1.29, 1.82) is 0 Å². The first-order chi connectivity index (χ1) is 7.73. The lowest BCUT2D eigenvalue weighted by atomic mass is 9.93. The lowest BCUT2D eigenvalue weighted by Crippen LogP contribution is -2.48. The smallest absolute Gasteiger partial charge is 0.136 e. The van der Waals surface area contributed by atoms with Crippen LogP contribution >= 0.6 is 0 Å². The van der Waals surface area contributed by atoms with Crippen molar-refractivity contribution >= 4 is 0 Å². The number of hydrogen-bond donors (Lipinski definition) is 0. The van der Waals surface area contributed by atoms with Crippen LogP contribution in [0.1, 0.15) is 26.2 Å². The summed E-state index contributed by atoms with van der Waals surface area (Å²) in [6.45, 7) is 6.15.